The molecule has 132 valence electrons. The van der Waals surface area contributed by atoms with Gasteiger partial charge in [0.25, 0.3) is 0 Å². The van der Waals surface area contributed by atoms with Crippen molar-refractivity contribution in [2.24, 2.45) is 5.41 Å². The Morgan fingerprint density at radius 3 is 2.42 bits per heavy atom. The fourth-order valence-electron chi connectivity index (χ4n) is 2.47. The smallest absolute Gasteiger partial charge is 0.247 e. The third-order valence-corrected chi connectivity index (χ3v) is 4.61. The maximum atomic E-state index is 9.45. The van der Waals surface area contributed by atoms with Crippen molar-refractivity contribution in [2.75, 3.05) is 26.8 Å². The van der Waals surface area contributed by atoms with Gasteiger partial charge in [0, 0.05) is 17.5 Å². The molecule has 1 unspecified atom stereocenters. The summed E-state index contributed by atoms with van der Waals surface area (Å²) < 4.78 is 5.84. The molecule has 2 aromatic rings. The van der Waals surface area contributed by atoms with E-state index < -0.39 is 5.41 Å². The first-order valence-electron chi connectivity index (χ1n) is 8.12. The standard InChI is InChI=1S/C18H27N3O3/c1-12-6-7-15(8-13(12)2)17-20-19-16(24-17)14(3)21(5)9-18(4,10-22)11-23/h6-8,14,22-23H,9-11H2,1-5H3. The van der Waals surface area contributed by atoms with Gasteiger partial charge in [-0.2, -0.15) is 0 Å². The van der Waals surface area contributed by atoms with Crippen LogP contribution in [-0.2, 0) is 0 Å². The molecule has 2 N–H and O–H groups in total. The van der Waals surface area contributed by atoms with Crippen LogP contribution in [0.2, 0.25) is 0 Å². The normalized spacial score (nSPS) is 13.5. The first-order valence-corrected chi connectivity index (χ1v) is 8.12. The summed E-state index contributed by atoms with van der Waals surface area (Å²) in [6.45, 7) is 8.27. The molecule has 0 saturated heterocycles. The van der Waals surface area contributed by atoms with E-state index in [1.165, 1.54) is 11.1 Å². The molecule has 0 aliphatic heterocycles. The van der Waals surface area contributed by atoms with E-state index in [0.29, 0.717) is 18.3 Å². The summed E-state index contributed by atoms with van der Waals surface area (Å²) in [4.78, 5) is 1.99. The number of aliphatic hydroxyl groups is 2. The molecular formula is C18H27N3O3. The largest absolute Gasteiger partial charge is 0.419 e. The van der Waals surface area contributed by atoms with Crippen LogP contribution in [-0.4, -0.2) is 52.1 Å². The van der Waals surface area contributed by atoms with Gasteiger partial charge in [-0.05, 0) is 51.1 Å². The molecule has 24 heavy (non-hydrogen) atoms. The molecule has 1 aromatic carbocycles. The van der Waals surface area contributed by atoms with Crippen LogP contribution in [0.15, 0.2) is 22.6 Å². The van der Waals surface area contributed by atoms with Crippen molar-refractivity contribution in [3.8, 4) is 11.5 Å². The highest BCUT2D eigenvalue weighted by atomic mass is 16.4. The number of aryl methyl sites for hydroxylation is 2. The minimum absolute atomic E-state index is 0.0850. The molecule has 0 amide bonds. The van der Waals surface area contributed by atoms with E-state index in [0.717, 1.165) is 5.56 Å². The minimum Gasteiger partial charge on any atom is -0.419 e. The molecular weight excluding hydrogens is 306 g/mol. The number of aliphatic hydroxyl groups excluding tert-OH is 2. The summed E-state index contributed by atoms with van der Waals surface area (Å²) in [5, 5.41) is 27.2. The van der Waals surface area contributed by atoms with Crippen molar-refractivity contribution in [1.82, 2.24) is 15.1 Å². The highest BCUT2D eigenvalue weighted by Crippen LogP contribution is 2.26. The first kappa shape index (κ1) is 18.6. The Morgan fingerprint density at radius 1 is 1.17 bits per heavy atom. The molecule has 1 aromatic heterocycles. The van der Waals surface area contributed by atoms with Gasteiger partial charge in [-0.25, -0.2) is 0 Å². The van der Waals surface area contributed by atoms with Gasteiger partial charge in [0.05, 0.1) is 19.3 Å². The summed E-state index contributed by atoms with van der Waals surface area (Å²) in [5.74, 6) is 1.02. The third kappa shape index (κ3) is 4.01. The first-order chi connectivity index (χ1) is 11.3. The summed E-state index contributed by atoms with van der Waals surface area (Å²) >= 11 is 0. The van der Waals surface area contributed by atoms with Crippen LogP contribution in [0.3, 0.4) is 0 Å². The topological polar surface area (TPSA) is 82.6 Å². The molecule has 0 aliphatic rings. The number of nitrogens with zero attached hydrogens (tertiary/aromatic N) is 3. The van der Waals surface area contributed by atoms with Crippen LogP contribution in [0.1, 0.15) is 36.9 Å². The second-order valence-corrected chi connectivity index (χ2v) is 6.96. The van der Waals surface area contributed by atoms with Crippen molar-refractivity contribution in [2.45, 2.75) is 33.7 Å². The number of hydrogen-bond acceptors (Lipinski definition) is 6. The second-order valence-electron chi connectivity index (χ2n) is 6.96. The van der Waals surface area contributed by atoms with Crippen molar-refractivity contribution < 1.29 is 14.6 Å². The van der Waals surface area contributed by atoms with Gasteiger partial charge in [-0.1, -0.05) is 13.0 Å². The van der Waals surface area contributed by atoms with E-state index in [2.05, 4.69) is 24.0 Å². The lowest BCUT2D eigenvalue weighted by Gasteiger charge is -2.32. The highest BCUT2D eigenvalue weighted by molar-refractivity contribution is 5.55. The quantitative estimate of drug-likeness (QED) is 0.809. The molecule has 2 rings (SSSR count). The average Bonchev–Trinajstić information content (AvgIpc) is 3.06. The summed E-state index contributed by atoms with van der Waals surface area (Å²) in [5.41, 5.74) is 2.74. The fraction of sp³-hybridized carbons (Fsp3) is 0.556. The van der Waals surface area contributed by atoms with Crippen molar-refractivity contribution in [3.05, 3.63) is 35.2 Å². The lowest BCUT2D eigenvalue weighted by atomic mass is 9.92. The SMILES string of the molecule is Cc1ccc(-c2nnc(C(C)N(C)CC(C)(CO)CO)o2)cc1C. The molecule has 0 spiro atoms. The van der Waals surface area contributed by atoms with Gasteiger partial charge in [-0.3, -0.25) is 4.90 Å². The maximum absolute atomic E-state index is 9.45. The molecule has 0 fully saturated rings. The monoisotopic (exact) mass is 333 g/mol. The molecule has 6 heteroatoms. The van der Waals surface area contributed by atoms with Gasteiger partial charge in [0.1, 0.15) is 0 Å². The van der Waals surface area contributed by atoms with Crippen molar-refractivity contribution >= 4 is 0 Å². The molecule has 0 saturated carbocycles. The molecule has 0 aliphatic carbocycles. The van der Waals surface area contributed by atoms with Gasteiger partial charge in [0.2, 0.25) is 11.8 Å². The number of aromatic nitrogens is 2. The second kappa shape index (κ2) is 7.42. The number of benzene rings is 1. The van der Waals surface area contributed by atoms with Crippen LogP contribution in [0.4, 0.5) is 0 Å². The van der Waals surface area contributed by atoms with Gasteiger partial charge in [-0.15, -0.1) is 10.2 Å². The van der Waals surface area contributed by atoms with E-state index in [4.69, 9.17) is 4.42 Å². The number of hydrogen-bond donors (Lipinski definition) is 2. The third-order valence-electron chi connectivity index (χ3n) is 4.61. The fourth-order valence-corrected chi connectivity index (χ4v) is 2.47. The Hall–Kier alpha value is -1.76. The molecule has 6 nitrogen and oxygen atoms in total. The van der Waals surface area contributed by atoms with E-state index in [1.54, 1.807) is 0 Å². The van der Waals surface area contributed by atoms with Crippen LogP contribution in [0, 0.1) is 19.3 Å². The van der Waals surface area contributed by atoms with Crippen LogP contribution >= 0.6 is 0 Å². The van der Waals surface area contributed by atoms with Crippen LogP contribution in [0.25, 0.3) is 11.5 Å². The summed E-state index contributed by atoms with van der Waals surface area (Å²) in [6.07, 6.45) is 0. The van der Waals surface area contributed by atoms with Crippen LogP contribution in [0.5, 0.6) is 0 Å². The zero-order valence-corrected chi connectivity index (χ0v) is 15.1. The zero-order valence-electron chi connectivity index (χ0n) is 15.1. The molecule has 0 radical (unpaired) electrons. The Balaban J connectivity index is 2.15. The molecule has 1 heterocycles. The highest BCUT2D eigenvalue weighted by Gasteiger charge is 2.28. The lowest BCUT2D eigenvalue weighted by molar-refractivity contribution is 0.0295. The average molecular weight is 333 g/mol. The predicted molar refractivity (Wildman–Crippen MR) is 92.5 cm³/mol. The summed E-state index contributed by atoms with van der Waals surface area (Å²) in [6, 6.07) is 5.94. The number of rotatable bonds is 7. The van der Waals surface area contributed by atoms with Crippen LogP contribution < -0.4 is 0 Å². The minimum atomic E-state index is -0.570. The Morgan fingerprint density at radius 2 is 1.83 bits per heavy atom. The maximum Gasteiger partial charge on any atom is 0.247 e. The lowest BCUT2D eigenvalue weighted by Crippen LogP contribution is -2.40. The van der Waals surface area contributed by atoms with E-state index >= 15 is 0 Å². The molecule has 1 atom stereocenters. The van der Waals surface area contributed by atoms with Gasteiger partial charge < -0.3 is 14.6 Å². The van der Waals surface area contributed by atoms with E-state index in [-0.39, 0.29) is 19.3 Å². The Labute approximate surface area is 143 Å². The molecule has 0 bridgehead atoms. The summed E-state index contributed by atoms with van der Waals surface area (Å²) in [7, 11) is 1.91. The van der Waals surface area contributed by atoms with E-state index in [9.17, 15) is 10.2 Å². The van der Waals surface area contributed by atoms with Crippen molar-refractivity contribution in [1.29, 1.82) is 0 Å². The van der Waals surface area contributed by atoms with Gasteiger partial charge >= 0.3 is 0 Å². The van der Waals surface area contributed by atoms with E-state index in [1.807, 2.05) is 44.0 Å². The zero-order chi connectivity index (χ0) is 17.9. The Kier molecular flexibility index (Phi) is 5.74. The predicted octanol–water partition coefficient (Wildman–Crippen LogP) is 2.34. The van der Waals surface area contributed by atoms with Gasteiger partial charge in [0.15, 0.2) is 0 Å². The Bertz CT molecular complexity index is 680. The van der Waals surface area contributed by atoms with Crippen molar-refractivity contribution in [3.63, 3.8) is 0 Å².